The number of hydrogen-bond donors (Lipinski definition) is 3. The summed E-state index contributed by atoms with van der Waals surface area (Å²) in [6, 6.07) is 30.6. The van der Waals surface area contributed by atoms with E-state index >= 15 is 0 Å². The van der Waals surface area contributed by atoms with E-state index in [-0.39, 0.29) is 0 Å². The molecule has 0 bridgehead atoms. The Bertz CT molecular complexity index is 1030. The van der Waals surface area contributed by atoms with Crippen molar-refractivity contribution in [2.24, 2.45) is 0 Å². The maximum absolute atomic E-state index is 13.3. The highest BCUT2D eigenvalue weighted by Gasteiger charge is 2.40. The number of rotatable bonds is 7. The van der Waals surface area contributed by atoms with Gasteiger partial charge in [0.1, 0.15) is 11.8 Å². The molecule has 5 heteroatoms. The van der Waals surface area contributed by atoms with Crippen LogP contribution in [0, 0.1) is 0 Å². The van der Waals surface area contributed by atoms with Crippen molar-refractivity contribution in [3.8, 4) is 0 Å². The fraction of sp³-hybridized carbons (Fsp3) is 0.0800. The first kappa shape index (κ1) is 19.6. The largest absolute Gasteiger partial charge is 0.467 e. The lowest BCUT2D eigenvalue weighted by Gasteiger charge is -2.29. The van der Waals surface area contributed by atoms with Crippen molar-refractivity contribution in [1.82, 2.24) is 10.9 Å². The van der Waals surface area contributed by atoms with Crippen LogP contribution in [-0.2, 0) is 10.4 Å². The minimum Gasteiger partial charge on any atom is -0.467 e. The number of hydrazine groups is 1. The van der Waals surface area contributed by atoms with Crippen molar-refractivity contribution in [3.05, 3.63) is 132 Å². The monoisotopic (exact) mass is 398 g/mol. The third-order valence-electron chi connectivity index (χ3n) is 5.00. The molecule has 1 amide bonds. The van der Waals surface area contributed by atoms with Crippen LogP contribution < -0.4 is 10.9 Å². The normalized spacial score (nSPS) is 12.3. The molecule has 0 unspecified atom stereocenters. The average Bonchev–Trinajstić information content (AvgIpc) is 3.35. The molecule has 3 N–H and O–H groups in total. The van der Waals surface area contributed by atoms with E-state index in [1.807, 2.05) is 48.5 Å². The minimum absolute atomic E-state index is 0.416. The molecule has 30 heavy (non-hydrogen) atoms. The standard InChI is InChI=1S/C25H22N2O3/c28-24(25(29,20-13-6-2-7-14-20)21-15-8-3-9-16-21)27-26-23(22-17-10-18-30-22)19-11-4-1-5-12-19/h1-18,23,26,29H,(H,27,28)/t23-/m0/s1. The molecule has 4 rings (SSSR count). The SMILES string of the molecule is O=C(NN[C@@H](c1ccccc1)c1ccco1)C(O)(c1ccccc1)c1ccccc1. The molecule has 0 radical (unpaired) electrons. The number of furan rings is 1. The number of carbonyl (C=O) groups excluding carboxylic acids is 1. The van der Waals surface area contributed by atoms with Crippen LogP contribution in [0.3, 0.4) is 0 Å². The molecule has 0 spiro atoms. The molecule has 0 aliphatic rings. The first-order valence-electron chi connectivity index (χ1n) is 9.67. The highest BCUT2D eigenvalue weighted by molar-refractivity contribution is 5.89. The van der Waals surface area contributed by atoms with Crippen LogP contribution in [0.5, 0.6) is 0 Å². The summed E-state index contributed by atoms with van der Waals surface area (Å²) in [7, 11) is 0. The summed E-state index contributed by atoms with van der Waals surface area (Å²) in [4.78, 5) is 13.3. The molecule has 1 atom stereocenters. The Morgan fingerprint density at radius 1 is 0.767 bits per heavy atom. The van der Waals surface area contributed by atoms with Crippen molar-refractivity contribution in [1.29, 1.82) is 0 Å². The van der Waals surface area contributed by atoms with Crippen LogP contribution in [0.15, 0.2) is 114 Å². The number of carbonyl (C=O) groups is 1. The van der Waals surface area contributed by atoms with Crippen LogP contribution in [0.1, 0.15) is 28.5 Å². The summed E-state index contributed by atoms with van der Waals surface area (Å²) >= 11 is 0. The van der Waals surface area contributed by atoms with E-state index in [9.17, 15) is 9.90 Å². The molecule has 1 heterocycles. The lowest BCUT2D eigenvalue weighted by atomic mass is 9.85. The molecule has 3 aromatic carbocycles. The van der Waals surface area contributed by atoms with E-state index in [0.29, 0.717) is 16.9 Å². The smallest absolute Gasteiger partial charge is 0.275 e. The van der Waals surface area contributed by atoms with Crippen LogP contribution in [-0.4, -0.2) is 11.0 Å². The summed E-state index contributed by atoms with van der Waals surface area (Å²) in [5.74, 6) is 0.0526. The van der Waals surface area contributed by atoms with E-state index in [1.165, 1.54) is 0 Å². The number of amides is 1. The number of hydrogen-bond acceptors (Lipinski definition) is 4. The van der Waals surface area contributed by atoms with E-state index in [0.717, 1.165) is 5.56 Å². The van der Waals surface area contributed by atoms with Gasteiger partial charge < -0.3 is 9.52 Å². The molecular weight excluding hydrogens is 376 g/mol. The van der Waals surface area contributed by atoms with Crippen LogP contribution in [0.2, 0.25) is 0 Å². The molecule has 0 aliphatic carbocycles. The fourth-order valence-corrected chi connectivity index (χ4v) is 3.44. The Morgan fingerprint density at radius 3 is 1.80 bits per heavy atom. The Morgan fingerprint density at radius 2 is 1.30 bits per heavy atom. The molecule has 5 nitrogen and oxygen atoms in total. The highest BCUT2D eigenvalue weighted by atomic mass is 16.3. The van der Waals surface area contributed by atoms with E-state index in [4.69, 9.17) is 4.42 Å². The van der Waals surface area contributed by atoms with Crippen LogP contribution in [0.4, 0.5) is 0 Å². The van der Waals surface area contributed by atoms with E-state index in [1.54, 1.807) is 60.9 Å². The predicted molar refractivity (Wildman–Crippen MR) is 114 cm³/mol. The topological polar surface area (TPSA) is 74.5 Å². The maximum atomic E-state index is 13.3. The Labute approximate surface area is 175 Å². The van der Waals surface area contributed by atoms with Gasteiger partial charge in [0.2, 0.25) is 0 Å². The molecule has 0 saturated heterocycles. The van der Waals surface area contributed by atoms with Crippen molar-refractivity contribution in [2.75, 3.05) is 0 Å². The Kier molecular flexibility index (Phi) is 5.75. The Balaban J connectivity index is 1.64. The zero-order valence-corrected chi connectivity index (χ0v) is 16.2. The first-order chi connectivity index (χ1) is 14.7. The van der Waals surface area contributed by atoms with Gasteiger partial charge in [0.15, 0.2) is 5.60 Å². The third kappa shape index (κ3) is 3.89. The summed E-state index contributed by atoms with van der Waals surface area (Å²) in [6.07, 6.45) is 1.58. The van der Waals surface area contributed by atoms with Crippen molar-refractivity contribution >= 4 is 5.91 Å². The molecule has 4 aromatic rings. The molecule has 0 fully saturated rings. The number of benzene rings is 3. The van der Waals surface area contributed by atoms with Crippen LogP contribution in [0.25, 0.3) is 0 Å². The fourth-order valence-electron chi connectivity index (χ4n) is 3.44. The molecule has 150 valence electrons. The number of aliphatic hydroxyl groups is 1. The molecular formula is C25H22N2O3. The van der Waals surface area contributed by atoms with E-state index < -0.39 is 17.6 Å². The van der Waals surface area contributed by atoms with Gasteiger partial charge in [-0.1, -0.05) is 91.0 Å². The second-order valence-corrected chi connectivity index (χ2v) is 6.90. The van der Waals surface area contributed by atoms with Gasteiger partial charge in [0, 0.05) is 0 Å². The first-order valence-corrected chi connectivity index (χ1v) is 9.67. The Hall–Kier alpha value is -3.67. The number of nitrogens with one attached hydrogen (secondary N) is 2. The van der Waals surface area contributed by atoms with Gasteiger partial charge >= 0.3 is 0 Å². The second-order valence-electron chi connectivity index (χ2n) is 6.90. The summed E-state index contributed by atoms with van der Waals surface area (Å²) in [5, 5.41) is 11.6. The zero-order valence-electron chi connectivity index (χ0n) is 16.2. The molecule has 0 aliphatic heterocycles. The summed E-state index contributed by atoms with van der Waals surface area (Å²) < 4.78 is 5.56. The highest BCUT2D eigenvalue weighted by Crippen LogP contribution is 2.30. The minimum atomic E-state index is -1.86. The van der Waals surface area contributed by atoms with Gasteiger partial charge in [-0.2, -0.15) is 0 Å². The van der Waals surface area contributed by atoms with Crippen molar-refractivity contribution in [2.45, 2.75) is 11.6 Å². The third-order valence-corrected chi connectivity index (χ3v) is 5.00. The average molecular weight is 398 g/mol. The second kappa shape index (κ2) is 8.78. The zero-order chi connectivity index (χ0) is 20.8. The maximum Gasteiger partial charge on any atom is 0.275 e. The van der Waals surface area contributed by atoms with Gasteiger partial charge in [0.05, 0.1) is 6.26 Å². The quantitative estimate of drug-likeness (QED) is 0.413. The van der Waals surface area contributed by atoms with E-state index in [2.05, 4.69) is 10.9 Å². The lowest BCUT2D eigenvalue weighted by Crippen LogP contribution is -2.51. The van der Waals surface area contributed by atoms with Gasteiger partial charge in [-0.15, -0.1) is 0 Å². The van der Waals surface area contributed by atoms with Crippen molar-refractivity contribution < 1.29 is 14.3 Å². The molecule has 0 saturated carbocycles. The van der Waals surface area contributed by atoms with Gasteiger partial charge in [0.25, 0.3) is 5.91 Å². The summed E-state index contributed by atoms with van der Waals surface area (Å²) in [5.41, 5.74) is 5.74. The molecule has 1 aromatic heterocycles. The lowest BCUT2D eigenvalue weighted by molar-refractivity contribution is -0.138. The van der Waals surface area contributed by atoms with Crippen LogP contribution >= 0.6 is 0 Å². The van der Waals surface area contributed by atoms with Gasteiger partial charge in [-0.05, 0) is 28.8 Å². The summed E-state index contributed by atoms with van der Waals surface area (Å²) in [6.45, 7) is 0. The van der Waals surface area contributed by atoms with Gasteiger partial charge in [-0.25, -0.2) is 5.43 Å². The van der Waals surface area contributed by atoms with Crippen molar-refractivity contribution in [3.63, 3.8) is 0 Å². The van der Waals surface area contributed by atoms with Gasteiger partial charge in [-0.3, -0.25) is 10.2 Å². The predicted octanol–water partition coefficient (Wildman–Crippen LogP) is 3.93.